The molecule has 2 N–H and O–H groups in total. The third-order valence-electron chi connectivity index (χ3n) is 6.40. The summed E-state index contributed by atoms with van der Waals surface area (Å²) in [6.07, 6.45) is 1.84. The minimum Gasteiger partial charge on any atom is -0.322 e. The van der Waals surface area contributed by atoms with Crippen LogP contribution in [0, 0.1) is 32.6 Å². The number of benzene rings is 3. The van der Waals surface area contributed by atoms with Crippen LogP contribution in [0.5, 0.6) is 0 Å². The lowest BCUT2D eigenvalue weighted by Gasteiger charge is -2.12. The highest BCUT2D eigenvalue weighted by atomic mass is 32.1. The molecular weight excluding hydrogens is 442 g/mol. The van der Waals surface area contributed by atoms with E-state index in [2.05, 4.69) is 39.9 Å². The van der Waals surface area contributed by atoms with E-state index in [4.69, 9.17) is 0 Å². The van der Waals surface area contributed by atoms with Crippen molar-refractivity contribution in [2.24, 2.45) is 11.8 Å². The number of anilines is 2. The molecule has 34 heavy (non-hydrogen) atoms. The molecule has 1 fully saturated rings. The number of hydrogen-bond donors (Lipinski definition) is 2. The highest BCUT2D eigenvalue weighted by Crippen LogP contribution is 2.42. The van der Waals surface area contributed by atoms with E-state index in [0.717, 1.165) is 39.9 Å². The van der Waals surface area contributed by atoms with Crippen molar-refractivity contribution in [2.45, 2.75) is 33.6 Å². The fourth-order valence-electron chi connectivity index (χ4n) is 4.59. The molecule has 1 aromatic heterocycles. The molecule has 3 aromatic carbocycles. The van der Waals surface area contributed by atoms with Gasteiger partial charge in [-0.2, -0.15) is 0 Å². The molecule has 6 heteroatoms. The van der Waals surface area contributed by atoms with Gasteiger partial charge in [-0.15, -0.1) is 0 Å². The molecule has 1 heterocycles. The predicted octanol–water partition coefficient (Wildman–Crippen LogP) is 6.29. The zero-order valence-corrected chi connectivity index (χ0v) is 20.3. The van der Waals surface area contributed by atoms with Gasteiger partial charge in [-0.25, -0.2) is 4.98 Å². The number of hydrogen-bond acceptors (Lipinski definition) is 4. The van der Waals surface area contributed by atoms with Crippen LogP contribution < -0.4 is 10.6 Å². The Labute approximate surface area is 203 Å². The van der Waals surface area contributed by atoms with Crippen LogP contribution in [-0.4, -0.2) is 16.8 Å². The van der Waals surface area contributed by atoms with Crippen molar-refractivity contribution in [3.05, 3.63) is 88.5 Å². The van der Waals surface area contributed by atoms with Crippen molar-refractivity contribution in [3.8, 4) is 0 Å². The quantitative estimate of drug-likeness (QED) is 0.349. The van der Waals surface area contributed by atoms with Gasteiger partial charge >= 0.3 is 0 Å². The Kier molecular flexibility index (Phi) is 5.92. The second-order valence-corrected chi connectivity index (χ2v) is 10.2. The summed E-state index contributed by atoms with van der Waals surface area (Å²) in [5.41, 5.74) is 6.72. The molecule has 0 saturated heterocycles. The number of carbonyl (C=O) groups is 2. The Hall–Kier alpha value is -3.51. The lowest BCUT2D eigenvalue weighted by atomic mass is 10.0. The molecule has 5 nitrogen and oxygen atoms in total. The summed E-state index contributed by atoms with van der Waals surface area (Å²) >= 11 is 1.40. The van der Waals surface area contributed by atoms with Crippen LogP contribution in [0.4, 0.5) is 10.8 Å². The van der Waals surface area contributed by atoms with Crippen molar-refractivity contribution < 1.29 is 9.59 Å². The second kappa shape index (κ2) is 9.03. The molecule has 2 atom stereocenters. The zero-order valence-electron chi connectivity index (χ0n) is 19.5. The van der Waals surface area contributed by atoms with Crippen LogP contribution in [-0.2, 0) is 11.2 Å². The summed E-state index contributed by atoms with van der Waals surface area (Å²) in [4.78, 5) is 30.2. The van der Waals surface area contributed by atoms with E-state index >= 15 is 0 Å². The van der Waals surface area contributed by atoms with Gasteiger partial charge in [0.15, 0.2) is 5.13 Å². The summed E-state index contributed by atoms with van der Waals surface area (Å²) in [5.74, 6) is 0.302. The van der Waals surface area contributed by atoms with Crippen molar-refractivity contribution >= 4 is 44.2 Å². The van der Waals surface area contributed by atoms with Gasteiger partial charge in [0.1, 0.15) is 0 Å². The van der Waals surface area contributed by atoms with Gasteiger partial charge in [-0.05, 0) is 74.4 Å². The number of carbonyl (C=O) groups excluding carboxylic acids is 2. The lowest BCUT2D eigenvalue weighted by molar-refractivity contribution is -0.117. The van der Waals surface area contributed by atoms with Crippen LogP contribution in [0.2, 0.25) is 0 Å². The Bertz CT molecular complexity index is 1370. The summed E-state index contributed by atoms with van der Waals surface area (Å²) < 4.78 is 0.872. The summed E-state index contributed by atoms with van der Waals surface area (Å²) in [5, 5.41) is 6.61. The normalized spacial score (nSPS) is 16.9. The third-order valence-corrected chi connectivity index (χ3v) is 7.33. The van der Waals surface area contributed by atoms with E-state index < -0.39 is 0 Å². The summed E-state index contributed by atoms with van der Waals surface area (Å²) in [6, 6.07) is 19.9. The lowest BCUT2D eigenvalue weighted by Crippen LogP contribution is -2.15. The minimum absolute atomic E-state index is 0.0308. The Morgan fingerprint density at radius 2 is 1.71 bits per heavy atom. The van der Waals surface area contributed by atoms with E-state index in [0.29, 0.717) is 16.6 Å². The average Bonchev–Trinajstić information content (AvgIpc) is 3.45. The zero-order chi connectivity index (χ0) is 23.8. The maximum atomic E-state index is 12.9. The monoisotopic (exact) mass is 469 g/mol. The summed E-state index contributed by atoms with van der Waals surface area (Å²) in [7, 11) is 0. The van der Waals surface area contributed by atoms with Gasteiger partial charge in [0.2, 0.25) is 5.91 Å². The van der Waals surface area contributed by atoms with E-state index in [9.17, 15) is 9.59 Å². The van der Waals surface area contributed by atoms with Crippen molar-refractivity contribution in [1.82, 2.24) is 4.98 Å². The van der Waals surface area contributed by atoms with Crippen LogP contribution in [0.15, 0.2) is 60.7 Å². The second-order valence-electron chi connectivity index (χ2n) is 9.21. The minimum atomic E-state index is -0.155. The maximum absolute atomic E-state index is 12.9. The molecule has 2 amide bonds. The fraction of sp³-hybridized carbons (Fsp3) is 0.250. The van der Waals surface area contributed by atoms with Crippen LogP contribution >= 0.6 is 11.3 Å². The smallest absolute Gasteiger partial charge is 0.255 e. The van der Waals surface area contributed by atoms with Gasteiger partial charge in [0, 0.05) is 17.2 Å². The molecular formula is C28H27N3O2S. The van der Waals surface area contributed by atoms with Crippen molar-refractivity contribution in [1.29, 1.82) is 0 Å². The maximum Gasteiger partial charge on any atom is 0.255 e. The molecule has 0 spiro atoms. The van der Waals surface area contributed by atoms with Gasteiger partial charge in [-0.1, -0.05) is 59.4 Å². The van der Waals surface area contributed by atoms with E-state index in [1.54, 1.807) is 6.07 Å². The number of nitrogens with one attached hydrogen (secondary N) is 2. The van der Waals surface area contributed by atoms with E-state index in [1.807, 2.05) is 51.1 Å². The Morgan fingerprint density at radius 1 is 0.971 bits per heavy atom. The topological polar surface area (TPSA) is 71.1 Å². The Morgan fingerprint density at radius 3 is 2.44 bits per heavy atom. The molecule has 2 unspecified atom stereocenters. The number of nitrogens with zero attached hydrogens (tertiary/aromatic N) is 1. The first kappa shape index (κ1) is 22.3. The molecule has 0 radical (unpaired) electrons. The molecule has 172 valence electrons. The number of aryl methyl sites for hydroxylation is 3. The first-order valence-corrected chi connectivity index (χ1v) is 12.3. The average molecular weight is 470 g/mol. The van der Waals surface area contributed by atoms with Gasteiger partial charge < -0.3 is 10.6 Å². The highest BCUT2D eigenvalue weighted by Gasteiger charge is 2.42. The van der Waals surface area contributed by atoms with Crippen LogP contribution in [0.1, 0.15) is 39.0 Å². The van der Waals surface area contributed by atoms with Crippen molar-refractivity contribution in [3.63, 3.8) is 0 Å². The number of aromatic nitrogens is 1. The largest absolute Gasteiger partial charge is 0.322 e. The first-order valence-electron chi connectivity index (χ1n) is 11.5. The SMILES string of the molecule is Cc1cc(C)c(NC(=O)c2ccc3nc(NC(=O)C4CC4Cc4ccccc4)sc3c2)c(C)c1. The van der Waals surface area contributed by atoms with Crippen LogP contribution in [0.25, 0.3) is 10.2 Å². The van der Waals surface area contributed by atoms with Crippen LogP contribution in [0.3, 0.4) is 0 Å². The number of rotatable bonds is 6. The summed E-state index contributed by atoms with van der Waals surface area (Å²) in [6.45, 7) is 6.05. The van der Waals surface area contributed by atoms with Gasteiger partial charge in [0.25, 0.3) is 5.91 Å². The molecule has 1 aliphatic carbocycles. The molecule has 4 aromatic rings. The number of amides is 2. The highest BCUT2D eigenvalue weighted by molar-refractivity contribution is 7.22. The van der Waals surface area contributed by atoms with Crippen molar-refractivity contribution in [2.75, 3.05) is 10.6 Å². The number of thiazole rings is 1. The third kappa shape index (κ3) is 4.73. The molecule has 1 saturated carbocycles. The van der Waals surface area contributed by atoms with Gasteiger partial charge in [-0.3, -0.25) is 9.59 Å². The Balaban J connectivity index is 1.25. The number of fused-ring (bicyclic) bond motifs is 1. The molecule has 0 bridgehead atoms. The molecule has 0 aliphatic heterocycles. The van der Waals surface area contributed by atoms with E-state index in [1.165, 1.54) is 22.5 Å². The first-order chi connectivity index (χ1) is 16.4. The predicted molar refractivity (Wildman–Crippen MR) is 139 cm³/mol. The van der Waals surface area contributed by atoms with Gasteiger partial charge in [0.05, 0.1) is 10.2 Å². The fourth-order valence-corrected chi connectivity index (χ4v) is 5.50. The molecule has 1 aliphatic rings. The van der Waals surface area contributed by atoms with E-state index in [-0.39, 0.29) is 17.7 Å². The molecule has 5 rings (SSSR count). The standard InChI is InChI=1S/C28H27N3O2S/c1-16-11-17(2)25(18(3)12-16)30-26(32)20-9-10-23-24(15-20)34-28(29-23)31-27(33)22-14-21(22)13-19-7-5-4-6-8-19/h4-12,15,21-22H,13-14H2,1-3H3,(H,30,32)(H,29,31,33).